The molecule has 3 aromatic rings. The van der Waals surface area contributed by atoms with Crippen LogP contribution in [-0.4, -0.2) is 44.6 Å². The second-order valence-electron chi connectivity index (χ2n) is 8.58. The van der Waals surface area contributed by atoms with Crippen molar-refractivity contribution in [1.82, 2.24) is 9.88 Å². The molecule has 4 nitrogen and oxygen atoms in total. The van der Waals surface area contributed by atoms with Gasteiger partial charge >= 0.3 is 0 Å². The van der Waals surface area contributed by atoms with Crippen molar-refractivity contribution in [2.75, 3.05) is 24.6 Å². The Bertz CT molecular complexity index is 1200. The SMILES string of the molecule is CC1CN(C(=O)c2c3c(nc4ccccc24)/C(=C\c2ccccc2)CC3)CCS(=O)C1. The molecule has 31 heavy (non-hydrogen) atoms. The Balaban J connectivity index is 1.63. The van der Waals surface area contributed by atoms with E-state index >= 15 is 0 Å². The van der Waals surface area contributed by atoms with Crippen LogP contribution in [0.2, 0.25) is 0 Å². The van der Waals surface area contributed by atoms with Crippen LogP contribution in [-0.2, 0) is 17.2 Å². The van der Waals surface area contributed by atoms with Gasteiger partial charge in [-0.15, -0.1) is 0 Å². The highest BCUT2D eigenvalue weighted by Crippen LogP contribution is 2.38. The predicted octanol–water partition coefficient (Wildman–Crippen LogP) is 4.56. The second-order valence-corrected chi connectivity index (χ2v) is 10.2. The van der Waals surface area contributed by atoms with Crippen LogP contribution in [0.5, 0.6) is 0 Å². The second kappa shape index (κ2) is 8.39. The third-order valence-electron chi connectivity index (χ3n) is 6.17. The van der Waals surface area contributed by atoms with Crippen molar-refractivity contribution in [3.63, 3.8) is 0 Å². The van der Waals surface area contributed by atoms with Crippen LogP contribution in [0.1, 0.15) is 40.5 Å². The molecule has 5 rings (SSSR count). The standard InChI is InChI=1S/C26H26N2O2S/c1-18-16-28(13-14-31(30)17-18)26(29)24-21-9-5-6-10-23(21)27-25-20(11-12-22(24)25)15-19-7-3-2-4-8-19/h2-10,15,18H,11-14,16-17H2,1H3/b20-15-. The van der Waals surface area contributed by atoms with Gasteiger partial charge in [-0.25, -0.2) is 4.98 Å². The van der Waals surface area contributed by atoms with Crippen molar-refractivity contribution in [3.05, 3.63) is 77.0 Å². The number of amides is 1. The molecule has 0 spiro atoms. The zero-order valence-electron chi connectivity index (χ0n) is 17.7. The van der Waals surface area contributed by atoms with Crippen molar-refractivity contribution in [1.29, 1.82) is 0 Å². The van der Waals surface area contributed by atoms with E-state index in [2.05, 4.69) is 25.1 Å². The summed E-state index contributed by atoms with van der Waals surface area (Å²) in [5.41, 5.74) is 6.00. The summed E-state index contributed by atoms with van der Waals surface area (Å²) in [7, 11) is -0.851. The number of aromatic nitrogens is 1. The van der Waals surface area contributed by atoms with Gasteiger partial charge in [-0.2, -0.15) is 0 Å². The van der Waals surface area contributed by atoms with Crippen molar-refractivity contribution in [2.45, 2.75) is 19.8 Å². The van der Waals surface area contributed by atoms with E-state index in [9.17, 15) is 9.00 Å². The predicted molar refractivity (Wildman–Crippen MR) is 127 cm³/mol. The monoisotopic (exact) mass is 430 g/mol. The van der Waals surface area contributed by atoms with E-state index in [-0.39, 0.29) is 11.8 Å². The number of para-hydroxylation sites is 1. The fourth-order valence-electron chi connectivity index (χ4n) is 4.75. The Labute approximate surface area is 185 Å². The maximum atomic E-state index is 13.8. The van der Waals surface area contributed by atoms with E-state index in [0.717, 1.165) is 46.1 Å². The summed E-state index contributed by atoms with van der Waals surface area (Å²) in [4.78, 5) is 20.7. The van der Waals surface area contributed by atoms with E-state index in [1.165, 1.54) is 5.57 Å². The summed E-state index contributed by atoms with van der Waals surface area (Å²) in [5.74, 6) is 1.52. The lowest BCUT2D eigenvalue weighted by Gasteiger charge is -2.24. The van der Waals surface area contributed by atoms with Gasteiger partial charge < -0.3 is 4.90 Å². The number of carbonyl (C=O) groups excluding carboxylic acids is 1. The molecule has 1 amide bonds. The zero-order chi connectivity index (χ0) is 21.4. The maximum Gasteiger partial charge on any atom is 0.254 e. The number of rotatable bonds is 2. The molecule has 1 fully saturated rings. The summed E-state index contributed by atoms with van der Waals surface area (Å²) in [6, 6.07) is 18.2. The molecule has 1 saturated heterocycles. The summed E-state index contributed by atoms with van der Waals surface area (Å²) >= 11 is 0. The molecule has 2 heterocycles. The Kier molecular flexibility index (Phi) is 5.45. The largest absolute Gasteiger partial charge is 0.337 e. The lowest BCUT2D eigenvalue weighted by atomic mass is 9.99. The van der Waals surface area contributed by atoms with Gasteiger partial charge in [0.05, 0.1) is 16.8 Å². The average Bonchev–Trinajstić information content (AvgIpc) is 3.07. The summed E-state index contributed by atoms with van der Waals surface area (Å²) < 4.78 is 12.2. The summed E-state index contributed by atoms with van der Waals surface area (Å²) in [5, 5.41) is 0.922. The molecule has 2 atom stereocenters. The molecule has 1 aliphatic heterocycles. The number of fused-ring (bicyclic) bond motifs is 2. The molecule has 2 aliphatic rings. The highest BCUT2D eigenvalue weighted by molar-refractivity contribution is 7.85. The number of allylic oxidation sites excluding steroid dienone is 1. The van der Waals surface area contributed by atoms with Gasteiger partial charge in [0.2, 0.25) is 0 Å². The van der Waals surface area contributed by atoms with Crippen molar-refractivity contribution in [2.24, 2.45) is 5.92 Å². The Hall–Kier alpha value is -2.79. The molecule has 1 aromatic heterocycles. The topological polar surface area (TPSA) is 50.3 Å². The quantitative estimate of drug-likeness (QED) is 0.599. The Morgan fingerprint density at radius 2 is 1.87 bits per heavy atom. The minimum Gasteiger partial charge on any atom is -0.337 e. The minimum atomic E-state index is -0.851. The van der Waals surface area contributed by atoms with E-state index in [4.69, 9.17) is 4.98 Å². The summed E-state index contributed by atoms with van der Waals surface area (Å²) in [6.45, 7) is 3.29. The maximum absolute atomic E-state index is 13.8. The van der Waals surface area contributed by atoms with Crippen molar-refractivity contribution < 1.29 is 9.00 Å². The average molecular weight is 431 g/mol. The third-order valence-corrected chi connectivity index (χ3v) is 7.75. The molecule has 2 aromatic carbocycles. The molecular weight excluding hydrogens is 404 g/mol. The molecule has 0 radical (unpaired) electrons. The molecule has 158 valence electrons. The van der Waals surface area contributed by atoms with Crippen LogP contribution >= 0.6 is 0 Å². The number of benzene rings is 2. The number of pyridine rings is 1. The first-order chi connectivity index (χ1) is 15.1. The third kappa shape index (κ3) is 3.94. The zero-order valence-corrected chi connectivity index (χ0v) is 18.5. The molecule has 0 N–H and O–H groups in total. The fourth-order valence-corrected chi connectivity index (χ4v) is 6.08. The minimum absolute atomic E-state index is 0.0570. The van der Waals surface area contributed by atoms with Crippen molar-refractivity contribution in [3.8, 4) is 0 Å². The molecule has 5 heteroatoms. The van der Waals surface area contributed by atoms with Gasteiger partial charge in [0.1, 0.15) is 0 Å². The van der Waals surface area contributed by atoms with Gasteiger partial charge in [-0.05, 0) is 47.6 Å². The van der Waals surface area contributed by atoms with Crippen LogP contribution in [0.25, 0.3) is 22.6 Å². The van der Waals surface area contributed by atoms with Gasteiger partial charge in [0.25, 0.3) is 5.91 Å². The first-order valence-electron chi connectivity index (χ1n) is 10.9. The highest BCUT2D eigenvalue weighted by Gasteiger charge is 2.31. The van der Waals surface area contributed by atoms with E-state index in [1.807, 2.05) is 47.4 Å². The lowest BCUT2D eigenvalue weighted by molar-refractivity contribution is 0.0752. The molecular formula is C26H26N2O2S. The van der Waals surface area contributed by atoms with Crippen LogP contribution in [0.4, 0.5) is 0 Å². The van der Waals surface area contributed by atoms with Gasteiger partial charge in [-0.1, -0.05) is 55.5 Å². The van der Waals surface area contributed by atoms with Crippen LogP contribution in [0.15, 0.2) is 54.6 Å². The normalized spacial score (nSPS) is 22.5. The lowest BCUT2D eigenvalue weighted by Crippen LogP contribution is -2.36. The van der Waals surface area contributed by atoms with Crippen LogP contribution in [0.3, 0.4) is 0 Å². The Morgan fingerprint density at radius 1 is 1.10 bits per heavy atom. The number of nitrogens with zero attached hydrogens (tertiary/aromatic N) is 2. The van der Waals surface area contributed by atoms with E-state index in [0.29, 0.717) is 24.6 Å². The molecule has 0 bridgehead atoms. The Morgan fingerprint density at radius 3 is 2.71 bits per heavy atom. The first-order valence-corrected chi connectivity index (χ1v) is 12.4. The first kappa shape index (κ1) is 20.1. The van der Waals surface area contributed by atoms with Gasteiger partial charge in [0.15, 0.2) is 0 Å². The van der Waals surface area contributed by atoms with Crippen molar-refractivity contribution >= 4 is 39.3 Å². The molecule has 0 saturated carbocycles. The molecule has 2 unspecified atom stereocenters. The van der Waals surface area contributed by atoms with Crippen LogP contribution in [0, 0.1) is 5.92 Å². The highest BCUT2D eigenvalue weighted by atomic mass is 32.2. The molecule has 1 aliphatic carbocycles. The van der Waals surface area contributed by atoms with Gasteiger partial charge in [0, 0.05) is 40.8 Å². The number of hydrogen-bond acceptors (Lipinski definition) is 3. The smallest absolute Gasteiger partial charge is 0.254 e. The fraction of sp³-hybridized carbons (Fsp3) is 0.308. The van der Waals surface area contributed by atoms with E-state index in [1.54, 1.807) is 0 Å². The van der Waals surface area contributed by atoms with E-state index < -0.39 is 10.8 Å². The number of hydrogen-bond donors (Lipinski definition) is 0. The van der Waals surface area contributed by atoms with Gasteiger partial charge in [-0.3, -0.25) is 9.00 Å². The van der Waals surface area contributed by atoms with Crippen LogP contribution < -0.4 is 0 Å². The number of carbonyl (C=O) groups is 1. The summed E-state index contributed by atoms with van der Waals surface area (Å²) in [6.07, 6.45) is 3.90.